The van der Waals surface area contributed by atoms with Crippen LogP contribution in [0.15, 0.2) is 30.3 Å². The van der Waals surface area contributed by atoms with Crippen LogP contribution in [0, 0.1) is 0 Å². The van der Waals surface area contributed by atoms with Gasteiger partial charge in [-0.3, -0.25) is 4.68 Å². The van der Waals surface area contributed by atoms with Crippen LogP contribution >= 0.6 is 0 Å². The SMILES string of the molecule is COc1ccc(CNCc2cc(C(F)(F)F)n(C)n2)cc1. The lowest BCUT2D eigenvalue weighted by Crippen LogP contribution is -2.13. The van der Waals surface area contributed by atoms with Gasteiger partial charge in [0.25, 0.3) is 0 Å². The molecule has 0 radical (unpaired) electrons. The largest absolute Gasteiger partial charge is 0.497 e. The summed E-state index contributed by atoms with van der Waals surface area (Å²) in [6, 6.07) is 8.51. The molecule has 1 aromatic heterocycles. The number of nitrogens with one attached hydrogen (secondary N) is 1. The molecular weight excluding hydrogens is 283 g/mol. The van der Waals surface area contributed by atoms with Crippen LogP contribution in [-0.4, -0.2) is 16.9 Å². The standard InChI is InChI=1S/C14H16F3N3O/c1-20-13(14(15,16)17)7-11(19-20)9-18-8-10-3-5-12(21-2)6-4-10/h3-7,18H,8-9H2,1-2H3. The molecule has 1 heterocycles. The Morgan fingerprint density at radius 3 is 2.38 bits per heavy atom. The van der Waals surface area contributed by atoms with Crippen LogP contribution in [0.3, 0.4) is 0 Å². The minimum absolute atomic E-state index is 0.274. The predicted octanol–water partition coefficient (Wildman–Crippen LogP) is 2.74. The van der Waals surface area contributed by atoms with Gasteiger partial charge in [-0.1, -0.05) is 12.1 Å². The van der Waals surface area contributed by atoms with E-state index < -0.39 is 11.9 Å². The molecule has 7 heteroatoms. The third-order valence-corrected chi connectivity index (χ3v) is 3.02. The van der Waals surface area contributed by atoms with Gasteiger partial charge in [0.05, 0.1) is 12.8 Å². The Labute approximate surface area is 120 Å². The molecule has 0 amide bonds. The first-order valence-corrected chi connectivity index (χ1v) is 6.34. The first kappa shape index (κ1) is 15.4. The Bertz CT molecular complexity index is 591. The molecule has 0 saturated heterocycles. The quantitative estimate of drug-likeness (QED) is 0.922. The van der Waals surface area contributed by atoms with Crippen LogP contribution in [-0.2, 0) is 26.3 Å². The minimum atomic E-state index is -4.38. The van der Waals surface area contributed by atoms with E-state index in [9.17, 15) is 13.2 Å². The lowest BCUT2D eigenvalue weighted by Gasteiger charge is -2.04. The van der Waals surface area contributed by atoms with E-state index in [1.807, 2.05) is 24.3 Å². The van der Waals surface area contributed by atoms with Crippen LogP contribution in [0.1, 0.15) is 17.0 Å². The molecule has 0 bridgehead atoms. The van der Waals surface area contributed by atoms with Crippen molar-refractivity contribution in [3.63, 3.8) is 0 Å². The van der Waals surface area contributed by atoms with E-state index in [4.69, 9.17) is 4.74 Å². The molecule has 21 heavy (non-hydrogen) atoms. The van der Waals surface area contributed by atoms with Crippen molar-refractivity contribution in [3.8, 4) is 5.75 Å². The van der Waals surface area contributed by atoms with Gasteiger partial charge in [0.2, 0.25) is 0 Å². The zero-order valence-corrected chi connectivity index (χ0v) is 11.7. The Kier molecular flexibility index (Phi) is 4.52. The Morgan fingerprint density at radius 1 is 1.19 bits per heavy atom. The number of methoxy groups -OCH3 is 1. The summed E-state index contributed by atoms with van der Waals surface area (Å²) in [7, 11) is 2.88. The van der Waals surface area contributed by atoms with Crippen molar-refractivity contribution in [1.82, 2.24) is 15.1 Å². The Balaban J connectivity index is 1.91. The van der Waals surface area contributed by atoms with Gasteiger partial charge < -0.3 is 10.1 Å². The highest BCUT2D eigenvalue weighted by molar-refractivity contribution is 5.27. The minimum Gasteiger partial charge on any atom is -0.497 e. The van der Waals surface area contributed by atoms with Gasteiger partial charge in [0.15, 0.2) is 0 Å². The topological polar surface area (TPSA) is 39.1 Å². The maximum absolute atomic E-state index is 12.6. The molecule has 0 aliphatic carbocycles. The molecule has 2 aromatic rings. The fourth-order valence-corrected chi connectivity index (χ4v) is 1.96. The average molecular weight is 299 g/mol. The summed E-state index contributed by atoms with van der Waals surface area (Å²) in [5, 5.41) is 6.91. The summed E-state index contributed by atoms with van der Waals surface area (Å²) >= 11 is 0. The molecule has 0 aliphatic heterocycles. The summed E-state index contributed by atoms with van der Waals surface area (Å²) in [6.07, 6.45) is -4.38. The predicted molar refractivity (Wildman–Crippen MR) is 71.7 cm³/mol. The molecular formula is C14H16F3N3O. The maximum Gasteiger partial charge on any atom is 0.433 e. The number of halogens is 3. The van der Waals surface area contributed by atoms with Crippen molar-refractivity contribution in [2.45, 2.75) is 19.3 Å². The van der Waals surface area contributed by atoms with E-state index in [-0.39, 0.29) is 6.54 Å². The van der Waals surface area contributed by atoms with Gasteiger partial charge in [-0.05, 0) is 23.8 Å². The van der Waals surface area contributed by atoms with Gasteiger partial charge in [-0.25, -0.2) is 0 Å². The number of hydrogen-bond donors (Lipinski definition) is 1. The number of aryl methyl sites for hydroxylation is 1. The van der Waals surface area contributed by atoms with E-state index in [0.29, 0.717) is 12.2 Å². The number of nitrogens with zero attached hydrogens (tertiary/aromatic N) is 2. The second-order valence-electron chi connectivity index (χ2n) is 4.59. The molecule has 2 rings (SSSR count). The summed E-state index contributed by atoms with van der Waals surface area (Å²) in [5.41, 5.74) is 0.630. The van der Waals surface area contributed by atoms with Crippen LogP contribution in [0.25, 0.3) is 0 Å². The number of alkyl halides is 3. The maximum atomic E-state index is 12.6. The zero-order valence-electron chi connectivity index (χ0n) is 11.7. The number of rotatable bonds is 5. The van der Waals surface area contributed by atoms with E-state index in [1.54, 1.807) is 7.11 Å². The Hall–Kier alpha value is -2.02. The molecule has 0 aliphatic rings. The summed E-state index contributed by atoms with van der Waals surface area (Å²) in [5.74, 6) is 0.762. The van der Waals surface area contributed by atoms with E-state index in [1.165, 1.54) is 7.05 Å². The van der Waals surface area contributed by atoms with E-state index in [0.717, 1.165) is 22.1 Å². The van der Waals surface area contributed by atoms with E-state index >= 15 is 0 Å². The lowest BCUT2D eigenvalue weighted by molar-refractivity contribution is -0.143. The molecule has 0 spiro atoms. The van der Waals surface area contributed by atoms with Gasteiger partial charge in [0.1, 0.15) is 11.4 Å². The Morgan fingerprint density at radius 2 is 1.86 bits per heavy atom. The van der Waals surface area contributed by atoms with Crippen molar-refractivity contribution in [3.05, 3.63) is 47.3 Å². The highest BCUT2D eigenvalue weighted by Gasteiger charge is 2.34. The van der Waals surface area contributed by atoms with Crippen molar-refractivity contribution >= 4 is 0 Å². The van der Waals surface area contributed by atoms with Gasteiger partial charge in [-0.15, -0.1) is 0 Å². The molecule has 0 saturated carbocycles. The number of benzene rings is 1. The van der Waals surface area contributed by atoms with E-state index in [2.05, 4.69) is 10.4 Å². The number of aromatic nitrogens is 2. The average Bonchev–Trinajstić information content (AvgIpc) is 2.81. The van der Waals surface area contributed by atoms with Crippen molar-refractivity contribution in [2.75, 3.05) is 7.11 Å². The highest BCUT2D eigenvalue weighted by Crippen LogP contribution is 2.29. The molecule has 1 N–H and O–H groups in total. The van der Waals surface area contributed by atoms with Crippen molar-refractivity contribution in [2.24, 2.45) is 7.05 Å². The molecule has 0 unspecified atom stereocenters. The number of ether oxygens (including phenoxy) is 1. The fourth-order valence-electron chi connectivity index (χ4n) is 1.96. The van der Waals surface area contributed by atoms with Crippen molar-refractivity contribution < 1.29 is 17.9 Å². The first-order valence-electron chi connectivity index (χ1n) is 6.34. The van der Waals surface area contributed by atoms with Crippen LogP contribution in [0.5, 0.6) is 5.75 Å². The monoisotopic (exact) mass is 299 g/mol. The highest BCUT2D eigenvalue weighted by atomic mass is 19.4. The molecule has 114 valence electrons. The first-order chi connectivity index (χ1) is 9.90. The fraction of sp³-hybridized carbons (Fsp3) is 0.357. The third kappa shape index (κ3) is 3.98. The van der Waals surface area contributed by atoms with Crippen LogP contribution < -0.4 is 10.1 Å². The summed E-state index contributed by atoms with van der Waals surface area (Å²) < 4.78 is 43.8. The van der Waals surface area contributed by atoms with Crippen LogP contribution in [0.4, 0.5) is 13.2 Å². The lowest BCUT2D eigenvalue weighted by atomic mass is 10.2. The van der Waals surface area contributed by atoms with Crippen molar-refractivity contribution in [1.29, 1.82) is 0 Å². The number of hydrogen-bond acceptors (Lipinski definition) is 3. The summed E-state index contributed by atoms with van der Waals surface area (Å²) in [6.45, 7) is 0.817. The molecule has 0 fully saturated rings. The molecule has 1 aromatic carbocycles. The molecule has 4 nitrogen and oxygen atoms in total. The van der Waals surface area contributed by atoms with Gasteiger partial charge in [-0.2, -0.15) is 18.3 Å². The zero-order chi connectivity index (χ0) is 15.5. The normalized spacial score (nSPS) is 11.7. The third-order valence-electron chi connectivity index (χ3n) is 3.02. The summed E-state index contributed by atoms with van der Waals surface area (Å²) in [4.78, 5) is 0. The second-order valence-corrected chi connectivity index (χ2v) is 4.59. The van der Waals surface area contributed by atoms with Gasteiger partial charge in [0, 0.05) is 20.1 Å². The van der Waals surface area contributed by atoms with Gasteiger partial charge >= 0.3 is 6.18 Å². The smallest absolute Gasteiger partial charge is 0.433 e. The van der Waals surface area contributed by atoms with Crippen LogP contribution in [0.2, 0.25) is 0 Å². The second kappa shape index (κ2) is 6.17. The molecule has 0 atom stereocenters.